The summed E-state index contributed by atoms with van der Waals surface area (Å²) in [6, 6.07) is 6.10. The zero-order valence-corrected chi connectivity index (χ0v) is 16.2. The molecule has 0 saturated carbocycles. The van der Waals surface area contributed by atoms with Gasteiger partial charge in [-0.2, -0.15) is 0 Å². The van der Waals surface area contributed by atoms with E-state index in [1.165, 1.54) is 19.1 Å². The zero-order chi connectivity index (χ0) is 22.5. The molecule has 1 aliphatic heterocycles. The van der Waals surface area contributed by atoms with Gasteiger partial charge in [0.05, 0.1) is 25.0 Å². The van der Waals surface area contributed by atoms with E-state index in [1.807, 2.05) is 0 Å². The second kappa shape index (κ2) is 10.2. The SMILES string of the molecule is C[C@@](O)(CC(=O)O)CC(=O)OCc1ccc(O[C@@H]2O[C@H](CO)[C@@H](O)[C@H](O)[C@H]2O)cc1. The molecule has 6 N–H and O–H groups in total. The molecule has 0 aliphatic carbocycles. The first-order chi connectivity index (χ1) is 14.0. The Morgan fingerprint density at radius 3 is 2.27 bits per heavy atom. The van der Waals surface area contributed by atoms with Crippen molar-refractivity contribution < 1.29 is 54.4 Å². The molecule has 1 saturated heterocycles. The normalized spacial score (nSPS) is 28.4. The van der Waals surface area contributed by atoms with Gasteiger partial charge in [0.25, 0.3) is 0 Å². The van der Waals surface area contributed by atoms with E-state index in [1.54, 1.807) is 12.1 Å². The average molecular weight is 430 g/mol. The number of hydrogen-bond acceptors (Lipinski definition) is 10. The van der Waals surface area contributed by atoms with Crippen molar-refractivity contribution in [2.45, 2.75) is 62.7 Å². The largest absolute Gasteiger partial charge is 0.481 e. The molecule has 1 aromatic rings. The van der Waals surface area contributed by atoms with Gasteiger partial charge < -0.3 is 44.8 Å². The number of aliphatic hydroxyl groups is 5. The number of aliphatic carboxylic acids is 1. The fourth-order valence-corrected chi connectivity index (χ4v) is 2.88. The Kier molecular flexibility index (Phi) is 8.12. The topological polar surface area (TPSA) is 183 Å². The van der Waals surface area contributed by atoms with Crippen molar-refractivity contribution >= 4 is 11.9 Å². The molecule has 6 atom stereocenters. The Morgan fingerprint density at radius 1 is 1.07 bits per heavy atom. The molecule has 168 valence electrons. The average Bonchev–Trinajstić information content (AvgIpc) is 2.66. The number of carbonyl (C=O) groups excluding carboxylic acids is 1. The molecular formula is C19H26O11. The smallest absolute Gasteiger partial charge is 0.309 e. The third-order valence-corrected chi connectivity index (χ3v) is 4.48. The predicted octanol–water partition coefficient (Wildman–Crippen LogP) is -1.48. The summed E-state index contributed by atoms with van der Waals surface area (Å²) in [4.78, 5) is 22.4. The van der Waals surface area contributed by atoms with Gasteiger partial charge in [-0.1, -0.05) is 12.1 Å². The van der Waals surface area contributed by atoms with Crippen LogP contribution in [0.1, 0.15) is 25.3 Å². The summed E-state index contributed by atoms with van der Waals surface area (Å²) in [5, 5.41) is 57.2. The van der Waals surface area contributed by atoms with Crippen LogP contribution in [-0.2, 0) is 25.7 Å². The van der Waals surface area contributed by atoms with Gasteiger partial charge in [0.2, 0.25) is 6.29 Å². The minimum absolute atomic E-state index is 0.123. The maximum atomic E-state index is 11.8. The highest BCUT2D eigenvalue weighted by molar-refractivity contribution is 5.73. The molecular weight excluding hydrogens is 404 g/mol. The molecule has 0 spiro atoms. The Hall–Kier alpha value is -2.28. The Morgan fingerprint density at radius 2 is 1.70 bits per heavy atom. The van der Waals surface area contributed by atoms with Gasteiger partial charge in [-0.3, -0.25) is 9.59 Å². The second-order valence-electron chi connectivity index (χ2n) is 7.36. The summed E-state index contributed by atoms with van der Waals surface area (Å²) < 4.78 is 15.7. The summed E-state index contributed by atoms with van der Waals surface area (Å²) in [5.74, 6) is -1.75. The molecule has 0 radical (unpaired) electrons. The molecule has 1 fully saturated rings. The zero-order valence-electron chi connectivity index (χ0n) is 16.2. The van der Waals surface area contributed by atoms with Gasteiger partial charge in [0.1, 0.15) is 36.8 Å². The molecule has 30 heavy (non-hydrogen) atoms. The first-order valence-corrected chi connectivity index (χ1v) is 9.18. The fourth-order valence-electron chi connectivity index (χ4n) is 2.88. The van der Waals surface area contributed by atoms with Crippen LogP contribution in [0, 0.1) is 0 Å². The molecule has 0 bridgehead atoms. The minimum atomic E-state index is -1.72. The lowest BCUT2D eigenvalue weighted by atomic mass is 9.98. The lowest BCUT2D eigenvalue weighted by Gasteiger charge is -2.39. The summed E-state index contributed by atoms with van der Waals surface area (Å²) in [5.41, 5.74) is -1.14. The first-order valence-electron chi connectivity index (χ1n) is 9.18. The number of carbonyl (C=O) groups is 2. The van der Waals surface area contributed by atoms with E-state index >= 15 is 0 Å². The lowest BCUT2D eigenvalue weighted by Crippen LogP contribution is -2.60. The molecule has 1 aromatic carbocycles. The monoisotopic (exact) mass is 430 g/mol. The molecule has 1 aliphatic rings. The molecule has 0 amide bonds. The third kappa shape index (κ3) is 6.62. The van der Waals surface area contributed by atoms with E-state index in [2.05, 4.69) is 0 Å². The predicted molar refractivity (Wildman–Crippen MR) is 98.1 cm³/mol. The fraction of sp³-hybridized carbons (Fsp3) is 0.579. The number of aliphatic hydroxyl groups excluding tert-OH is 4. The molecule has 1 heterocycles. The van der Waals surface area contributed by atoms with Crippen LogP contribution < -0.4 is 4.74 Å². The van der Waals surface area contributed by atoms with Crippen molar-refractivity contribution in [2.75, 3.05) is 6.61 Å². The van der Waals surface area contributed by atoms with Crippen LogP contribution in [0.2, 0.25) is 0 Å². The maximum Gasteiger partial charge on any atom is 0.309 e. The van der Waals surface area contributed by atoms with Gasteiger partial charge in [-0.25, -0.2) is 0 Å². The number of hydrogen-bond donors (Lipinski definition) is 6. The van der Waals surface area contributed by atoms with Crippen molar-refractivity contribution in [2.24, 2.45) is 0 Å². The number of esters is 1. The van der Waals surface area contributed by atoms with Crippen molar-refractivity contribution in [1.82, 2.24) is 0 Å². The van der Waals surface area contributed by atoms with Crippen LogP contribution in [-0.4, -0.2) is 85.5 Å². The standard InChI is InChI=1S/C19H26O11/c1-19(27,6-13(21)22)7-14(23)28-9-10-2-4-11(5-3-10)29-18-17(26)16(25)15(24)12(8-20)30-18/h2-5,12,15-18,20,24-27H,6-9H2,1H3,(H,21,22)/t12-,15-,16+,17-,18-,19-/m1/s1. The van der Waals surface area contributed by atoms with E-state index < -0.39 is 67.7 Å². The highest BCUT2D eigenvalue weighted by Gasteiger charge is 2.44. The van der Waals surface area contributed by atoms with Crippen molar-refractivity contribution in [3.63, 3.8) is 0 Å². The number of rotatable bonds is 9. The van der Waals surface area contributed by atoms with E-state index in [9.17, 15) is 35.1 Å². The molecule has 0 aromatic heterocycles. The summed E-state index contributed by atoms with van der Waals surface area (Å²) >= 11 is 0. The van der Waals surface area contributed by atoms with Gasteiger partial charge in [0.15, 0.2) is 0 Å². The van der Waals surface area contributed by atoms with Gasteiger partial charge in [0, 0.05) is 0 Å². The van der Waals surface area contributed by atoms with Crippen molar-refractivity contribution in [3.05, 3.63) is 29.8 Å². The van der Waals surface area contributed by atoms with Crippen LogP contribution in [0.25, 0.3) is 0 Å². The van der Waals surface area contributed by atoms with E-state index in [0.717, 1.165) is 0 Å². The number of carboxylic acids is 1. The lowest BCUT2D eigenvalue weighted by molar-refractivity contribution is -0.277. The molecule has 11 nitrogen and oxygen atoms in total. The quantitative estimate of drug-likeness (QED) is 0.251. The molecule has 0 unspecified atom stereocenters. The van der Waals surface area contributed by atoms with Crippen LogP contribution in [0.4, 0.5) is 0 Å². The summed E-state index contributed by atoms with van der Waals surface area (Å²) in [6.07, 6.45) is -8.06. The number of ether oxygens (including phenoxy) is 3. The Balaban J connectivity index is 1.88. The number of benzene rings is 1. The van der Waals surface area contributed by atoms with E-state index in [-0.39, 0.29) is 12.4 Å². The van der Waals surface area contributed by atoms with Crippen LogP contribution in [0.15, 0.2) is 24.3 Å². The third-order valence-electron chi connectivity index (χ3n) is 4.48. The van der Waals surface area contributed by atoms with E-state index in [0.29, 0.717) is 5.56 Å². The molecule has 11 heteroatoms. The van der Waals surface area contributed by atoms with Gasteiger partial charge in [-0.05, 0) is 24.6 Å². The highest BCUT2D eigenvalue weighted by Crippen LogP contribution is 2.24. The first kappa shape index (κ1) is 24.0. The van der Waals surface area contributed by atoms with Crippen LogP contribution >= 0.6 is 0 Å². The Bertz CT molecular complexity index is 716. The Labute approximate surface area is 172 Å². The summed E-state index contributed by atoms with van der Waals surface area (Å²) in [6.45, 7) is 0.532. The second-order valence-corrected chi connectivity index (χ2v) is 7.36. The molecule has 2 rings (SSSR count). The van der Waals surface area contributed by atoms with Gasteiger partial charge in [-0.15, -0.1) is 0 Å². The summed E-state index contributed by atoms with van der Waals surface area (Å²) in [7, 11) is 0. The maximum absolute atomic E-state index is 11.8. The van der Waals surface area contributed by atoms with Crippen molar-refractivity contribution in [3.8, 4) is 5.75 Å². The van der Waals surface area contributed by atoms with Crippen molar-refractivity contribution in [1.29, 1.82) is 0 Å². The van der Waals surface area contributed by atoms with Gasteiger partial charge >= 0.3 is 11.9 Å². The van der Waals surface area contributed by atoms with E-state index in [4.69, 9.17) is 19.3 Å². The number of carboxylic acid groups (broad SMARTS) is 1. The van der Waals surface area contributed by atoms with Crippen LogP contribution in [0.3, 0.4) is 0 Å². The highest BCUT2D eigenvalue weighted by atomic mass is 16.7. The van der Waals surface area contributed by atoms with Crippen LogP contribution in [0.5, 0.6) is 5.75 Å². The minimum Gasteiger partial charge on any atom is -0.481 e.